The molecule has 3 rings (SSSR count). The molecule has 0 aliphatic carbocycles. The van der Waals surface area contributed by atoms with Gasteiger partial charge in [0.25, 0.3) is 5.91 Å². The highest BCUT2D eigenvalue weighted by Crippen LogP contribution is 2.32. The third-order valence-electron chi connectivity index (χ3n) is 3.63. The van der Waals surface area contributed by atoms with Crippen molar-refractivity contribution in [3.63, 3.8) is 0 Å². The average Bonchev–Trinajstić information content (AvgIpc) is 3.02. The van der Waals surface area contributed by atoms with Crippen LogP contribution in [-0.4, -0.2) is 25.3 Å². The maximum absolute atomic E-state index is 13.6. The summed E-state index contributed by atoms with van der Waals surface area (Å²) in [6.07, 6.45) is 0.596. The Hall–Kier alpha value is -3.29. The fraction of sp³-hybridized carbons (Fsp3) is 0.176. The normalized spacial score (nSPS) is 11.9. The van der Waals surface area contributed by atoms with Gasteiger partial charge in [-0.1, -0.05) is 6.07 Å². The van der Waals surface area contributed by atoms with Crippen molar-refractivity contribution >= 4 is 17.6 Å². The Labute approximate surface area is 142 Å². The molecule has 0 spiro atoms. The lowest BCUT2D eigenvalue weighted by molar-refractivity contribution is 0.0996. The Morgan fingerprint density at radius 2 is 1.92 bits per heavy atom. The van der Waals surface area contributed by atoms with Gasteiger partial charge in [-0.25, -0.2) is 9.18 Å². The Balaban J connectivity index is 1.50. The largest absolute Gasteiger partial charge is 0.454 e. The van der Waals surface area contributed by atoms with Gasteiger partial charge in [0.05, 0.1) is 5.56 Å². The van der Waals surface area contributed by atoms with Gasteiger partial charge in [-0.05, 0) is 42.3 Å². The second-order valence-corrected chi connectivity index (χ2v) is 5.38. The van der Waals surface area contributed by atoms with Crippen LogP contribution in [0.4, 0.5) is 14.9 Å². The van der Waals surface area contributed by atoms with Gasteiger partial charge >= 0.3 is 6.03 Å². The number of rotatable bonds is 5. The van der Waals surface area contributed by atoms with E-state index in [-0.39, 0.29) is 18.0 Å². The van der Waals surface area contributed by atoms with Crippen LogP contribution < -0.4 is 25.8 Å². The summed E-state index contributed by atoms with van der Waals surface area (Å²) in [4.78, 5) is 22.8. The van der Waals surface area contributed by atoms with Crippen molar-refractivity contribution < 1.29 is 23.5 Å². The predicted octanol–water partition coefficient (Wildman–Crippen LogP) is 2.02. The van der Waals surface area contributed by atoms with Crippen LogP contribution in [0.1, 0.15) is 15.9 Å². The first-order chi connectivity index (χ1) is 12.0. The molecule has 0 fully saturated rings. The number of carbonyl (C=O) groups excluding carboxylic acids is 2. The van der Waals surface area contributed by atoms with Gasteiger partial charge in [0, 0.05) is 12.2 Å². The van der Waals surface area contributed by atoms with Crippen molar-refractivity contribution in [2.24, 2.45) is 5.73 Å². The van der Waals surface area contributed by atoms with Crippen molar-refractivity contribution in [1.29, 1.82) is 0 Å². The Morgan fingerprint density at radius 1 is 1.12 bits per heavy atom. The lowest BCUT2D eigenvalue weighted by Crippen LogP contribution is -2.30. The van der Waals surface area contributed by atoms with Crippen LogP contribution in [0.2, 0.25) is 0 Å². The number of hydrogen-bond acceptors (Lipinski definition) is 4. The van der Waals surface area contributed by atoms with Crippen LogP contribution in [0.25, 0.3) is 0 Å². The van der Waals surface area contributed by atoms with E-state index in [1.807, 2.05) is 18.2 Å². The highest BCUT2D eigenvalue weighted by atomic mass is 19.1. The van der Waals surface area contributed by atoms with Gasteiger partial charge in [-0.3, -0.25) is 4.79 Å². The molecule has 3 amide bonds. The second kappa shape index (κ2) is 7.08. The molecule has 0 saturated heterocycles. The van der Waals surface area contributed by atoms with E-state index in [1.54, 1.807) is 0 Å². The van der Waals surface area contributed by atoms with Crippen molar-refractivity contribution in [2.75, 3.05) is 18.7 Å². The zero-order chi connectivity index (χ0) is 17.8. The average molecular weight is 345 g/mol. The number of halogens is 1. The summed E-state index contributed by atoms with van der Waals surface area (Å²) in [7, 11) is 0. The smallest absolute Gasteiger partial charge is 0.319 e. The number of urea groups is 1. The van der Waals surface area contributed by atoms with E-state index in [9.17, 15) is 14.0 Å². The molecule has 1 aliphatic rings. The molecule has 25 heavy (non-hydrogen) atoms. The van der Waals surface area contributed by atoms with E-state index in [0.29, 0.717) is 24.5 Å². The number of carbonyl (C=O) groups is 2. The van der Waals surface area contributed by atoms with Crippen LogP contribution >= 0.6 is 0 Å². The van der Waals surface area contributed by atoms with Crippen molar-refractivity contribution in [2.45, 2.75) is 6.42 Å². The standard InChI is InChI=1S/C17H16FN3O4/c18-13-8-11(2-3-12(13)16(19)22)21-17(23)20-6-5-10-1-4-14-15(7-10)25-9-24-14/h1-4,7-8H,5-6,9H2,(H2,19,22)(H2,20,21,23). The molecule has 2 aromatic carbocycles. The highest BCUT2D eigenvalue weighted by Gasteiger charge is 2.13. The molecule has 130 valence electrons. The van der Waals surface area contributed by atoms with Crippen molar-refractivity contribution in [3.05, 3.63) is 53.3 Å². The van der Waals surface area contributed by atoms with E-state index < -0.39 is 17.8 Å². The van der Waals surface area contributed by atoms with Gasteiger partial charge in [0.2, 0.25) is 6.79 Å². The second-order valence-electron chi connectivity index (χ2n) is 5.38. The topological polar surface area (TPSA) is 103 Å². The molecule has 4 N–H and O–H groups in total. The lowest BCUT2D eigenvalue weighted by Gasteiger charge is -2.09. The monoisotopic (exact) mass is 345 g/mol. The van der Waals surface area contributed by atoms with Gasteiger partial charge in [-0.15, -0.1) is 0 Å². The molecule has 0 saturated carbocycles. The van der Waals surface area contributed by atoms with Gasteiger partial charge in [0.15, 0.2) is 11.5 Å². The van der Waals surface area contributed by atoms with E-state index in [2.05, 4.69) is 10.6 Å². The van der Waals surface area contributed by atoms with Crippen LogP contribution in [0.3, 0.4) is 0 Å². The summed E-state index contributed by atoms with van der Waals surface area (Å²) < 4.78 is 24.2. The molecule has 0 atom stereocenters. The molecule has 2 aromatic rings. The van der Waals surface area contributed by atoms with Crippen molar-refractivity contribution in [3.8, 4) is 11.5 Å². The Kier molecular flexibility index (Phi) is 4.69. The summed E-state index contributed by atoms with van der Waals surface area (Å²) in [5.74, 6) is -0.259. The fourth-order valence-electron chi connectivity index (χ4n) is 2.38. The predicted molar refractivity (Wildman–Crippen MR) is 88.2 cm³/mol. The van der Waals surface area contributed by atoms with Crippen molar-refractivity contribution in [1.82, 2.24) is 5.32 Å². The van der Waals surface area contributed by atoms with Crippen LogP contribution in [-0.2, 0) is 6.42 Å². The Bertz CT molecular complexity index is 826. The number of nitrogens with two attached hydrogens (primary N) is 1. The molecule has 0 unspecified atom stereocenters. The summed E-state index contributed by atoms with van der Waals surface area (Å²) in [6, 6.07) is 8.76. The SMILES string of the molecule is NC(=O)c1ccc(NC(=O)NCCc2ccc3c(c2)OCO3)cc1F. The number of nitrogens with one attached hydrogen (secondary N) is 2. The molecule has 8 heteroatoms. The molecule has 0 bridgehead atoms. The van der Waals surface area contributed by atoms with Gasteiger partial charge in [-0.2, -0.15) is 0 Å². The van der Waals surface area contributed by atoms with Gasteiger partial charge in [0.1, 0.15) is 5.82 Å². The molecule has 1 aliphatic heterocycles. The number of amides is 3. The third kappa shape index (κ3) is 3.97. The fourth-order valence-corrected chi connectivity index (χ4v) is 2.38. The molecular weight excluding hydrogens is 329 g/mol. The quantitative estimate of drug-likeness (QED) is 0.771. The van der Waals surface area contributed by atoms with E-state index >= 15 is 0 Å². The third-order valence-corrected chi connectivity index (χ3v) is 3.63. The minimum atomic E-state index is -0.864. The Morgan fingerprint density at radius 3 is 2.68 bits per heavy atom. The molecule has 1 heterocycles. The number of fused-ring (bicyclic) bond motifs is 1. The molecule has 7 nitrogen and oxygen atoms in total. The summed E-state index contributed by atoms with van der Waals surface area (Å²) in [5.41, 5.74) is 6.01. The first-order valence-electron chi connectivity index (χ1n) is 7.55. The zero-order valence-corrected chi connectivity index (χ0v) is 13.2. The van der Waals surface area contributed by atoms with Crippen LogP contribution in [0.5, 0.6) is 11.5 Å². The summed E-state index contributed by atoms with van der Waals surface area (Å²) >= 11 is 0. The number of ether oxygens (including phenoxy) is 2. The zero-order valence-electron chi connectivity index (χ0n) is 13.2. The lowest BCUT2D eigenvalue weighted by atomic mass is 10.1. The molecular formula is C17H16FN3O4. The minimum absolute atomic E-state index is 0.213. The molecule has 0 radical (unpaired) electrons. The minimum Gasteiger partial charge on any atom is -0.454 e. The number of primary amides is 1. The van der Waals surface area contributed by atoms with E-state index in [1.165, 1.54) is 12.1 Å². The van der Waals surface area contributed by atoms with Crippen LogP contribution in [0.15, 0.2) is 36.4 Å². The number of benzene rings is 2. The summed E-state index contributed by atoms with van der Waals surface area (Å²) in [5, 5.41) is 5.16. The number of anilines is 1. The van der Waals surface area contributed by atoms with Gasteiger partial charge < -0.3 is 25.8 Å². The number of hydrogen-bond donors (Lipinski definition) is 3. The maximum atomic E-state index is 13.6. The first-order valence-corrected chi connectivity index (χ1v) is 7.55. The summed E-state index contributed by atoms with van der Waals surface area (Å²) in [6.45, 7) is 0.595. The molecule has 0 aromatic heterocycles. The van der Waals surface area contributed by atoms with E-state index in [4.69, 9.17) is 15.2 Å². The van der Waals surface area contributed by atoms with Crippen LogP contribution in [0, 0.1) is 5.82 Å². The maximum Gasteiger partial charge on any atom is 0.319 e. The van der Waals surface area contributed by atoms with E-state index in [0.717, 1.165) is 11.6 Å². The highest BCUT2D eigenvalue weighted by molar-refractivity contribution is 5.94. The first kappa shape index (κ1) is 16.6.